The first-order chi connectivity index (χ1) is 17.4. The van der Waals surface area contributed by atoms with E-state index in [0.717, 1.165) is 11.4 Å². The van der Waals surface area contributed by atoms with Crippen molar-refractivity contribution in [2.75, 3.05) is 45.2 Å². The minimum Gasteiger partial charge on any atom is -0.497 e. The zero-order chi connectivity index (χ0) is 25.7. The maximum atomic E-state index is 12.6. The van der Waals surface area contributed by atoms with E-state index in [9.17, 15) is 9.59 Å². The van der Waals surface area contributed by atoms with Crippen LogP contribution < -0.4 is 29.2 Å². The molecule has 1 atom stereocenters. The largest absolute Gasteiger partial charge is 0.497 e. The molecule has 1 aromatic heterocycles. The third-order valence-electron chi connectivity index (χ3n) is 5.64. The highest BCUT2D eigenvalue weighted by Gasteiger charge is 2.34. The fourth-order valence-corrected chi connectivity index (χ4v) is 4.69. The van der Waals surface area contributed by atoms with Gasteiger partial charge in [0.25, 0.3) is 0 Å². The highest BCUT2D eigenvalue weighted by Crippen LogP contribution is 2.38. The number of rotatable bonds is 9. The SMILES string of the molecule is COc1ccc(N2CC(c3nnc(NC(=O)/C=C/c4cc(OC)c(OC)c(OC)c4)s3)CC2=O)cc1. The maximum Gasteiger partial charge on any atom is 0.250 e. The number of hydrogen-bond acceptors (Lipinski definition) is 9. The van der Waals surface area contributed by atoms with Gasteiger partial charge in [0.2, 0.25) is 22.7 Å². The number of nitrogens with one attached hydrogen (secondary N) is 1. The molecule has 1 N–H and O–H groups in total. The molecule has 1 aliphatic rings. The Morgan fingerprint density at radius 2 is 1.72 bits per heavy atom. The molecule has 188 valence electrons. The second-order valence-corrected chi connectivity index (χ2v) is 8.84. The molecule has 4 rings (SSSR count). The predicted molar refractivity (Wildman–Crippen MR) is 136 cm³/mol. The molecule has 1 fully saturated rings. The van der Waals surface area contributed by atoms with Crippen molar-refractivity contribution >= 4 is 40.0 Å². The molecule has 0 spiro atoms. The number of amides is 2. The summed E-state index contributed by atoms with van der Waals surface area (Å²) in [4.78, 5) is 26.8. The molecule has 2 heterocycles. The van der Waals surface area contributed by atoms with Crippen molar-refractivity contribution in [2.45, 2.75) is 12.3 Å². The molecular weight excluding hydrogens is 484 g/mol. The lowest BCUT2D eigenvalue weighted by Gasteiger charge is -2.16. The van der Waals surface area contributed by atoms with E-state index < -0.39 is 0 Å². The summed E-state index contributed by atoms with van der Waals surface area (Å²) in [6.45, 7) is 0.495. The summed E-state index contributed by atoms with van der Waals surface area (Å²) < 4.78 is 21.2. The second-order valence-electron chi connectivity index (χ2n) is 7.83. The van der Waals surface area contributed by atoms with E-state index in [2.05, 4.69) is 15.5 Å². The average Bonchev–Trinajstić information content (AvgIpc) is 3.53. The van der Waals surface area contributed by atoms with Crippen LogP contribution in [0.5, 0.6) is 23.0 Å². The van der Waals surface area contributed by atoms with Crippen LogP contribution in [0.15, 0.2) is 42.5 Å². The Labute approximate surface area is 212 Å². The topological polar surface area (TPSA) is 112 Å². The van der Waals surface area contributed by atoms with Crippen LogP contribution in [0, 0.1) is 0 Å². The lowest BCUT2D eigenvalue weighted by molar-refractivity contribution is -0.117. The molecule has 1 saturated heterocycles. The number of hydrogen-bond donors (Lipinski definition) is 1. The Kier molecular flexibility index (Phi) is 7.69. The third-order valence-corrected chi connectivity index (χ3v) is 6.64. The molecule has 11 heteroatoms. The number of carbonyl (C=O) groups is 2. The van der Waals surface area contributed by atoms with Crippen LogP contribution in [0.4, 0.5) is 10.8 Å². The fraction of sp³-hybridized carbons (Fsp3) is 0.280. The fourth-order valence-electron chi connectivity index (χ4n) is 3.85. The van der Waals surface area contributed by atoms with Gasteiger partial charge >= 0.3 is 0 Å². The molecule has 0 bridgehead atoms. The molecule has 2 aromatic carbocycles. The molecule has 0 radical (unpaired) electrons. The smallest absolute Gasteiger partial charge is 0.250 e. The van der Waals surface area contributed by atoms with Gasteiger partial charge in [-0.25, -0.2) is 0 Å². The van der Waals surface area contributed by atoms with Gasteiger partial charge in [0.1, 0.15) is 10.8 Å². The Morgan fingerprint density at radius 3 is 2.33 bits per heavy atom. The van der Waals surface area contributed by atoms with Crippen molar-refractivity contribution < 1.29 is 28.5 Å². The van der Waals surface area contributed by atoms with Gasteiger partial charge in [-0.1, -0.05) is 11.3 Å². The molecule has 3 aromatic rings. The van der Waals surface area contributed by atoms with Crippen molar-refractivity contribution in [3.63, 3.8) is 0 Å². The van der Waals surface area contributed by atoms with E-state index in [1.807, 2.05) is 24.3 Å². The maximum absolute atomic E-state index is 12.6. The van der Waals surface area contributed by atoms with E-state index in [1.165, 1.54) is 38.7 Å². The number of carbonyl (C=O) groups excluding carboxylic acids is 2. The lowest BCUT2D eigenvalue weighted by Crippen LogP contribution is -2.24. The quantitative estimate of drug-likeness (QED) is 0.433. The van der Waals surface area contributed by atoms with E-state index in [0.29, 0.717) is 45.9 Å². The molecule has 1 aliphatic heterocycles. The van der Waals surface area contributed by atoms with Crippen LogP contribution in [-0.4, -0.2) is 57.0 Å². The van der Waals surface area contributed by atoms with Gasteiger partial charge in [-0.15, -0.1) is 10.2 Å². The second kappa shape index (κ2) is 11.1. The third kappa shape index (κ3) is 5.41. The average molecular weight is 511 g/mol. The van der Waals surface area contributed by atoms with Gasteiger partial charge in [0, 0.05) is 30.6 Å². The zero-order valence-corrected chi connectivity index (χ0v) is 21.1. The van der Waals surface area contributed by atoms with Gasteiger partial charge in [-0.3, -0.25) is 14.9 Å². The van der Waals surface area contributed by atoms with E-state index in [1.54, 1.807) is 30.2 Å². The van der Waals surface area contributed by atoms with Gasteiger partial charge < -0.3 is 23.8 Å². The van der Waals surface area contributed by atoms with Gasteiger partial charge in [-0.2, -0.15) is 0 Å². The van der Waals surface area contributed by atoms with Crippen molar-refractivity contribution in [1.82, 2.24) is 10.2 Å². The van der Waals surface area contributed by atoms with E-state index in [4.69, 9.17) is 18.9 Å². The van der Waals surface area contributed by atoms with Crippen molar-refractivity contribution in [3.8, 4) is 23.0 Å². The molecule has 0 saturated carbocycles. The first-order valence-electron chi connectivity index (χ1n) is 11.0. The number of benzene rings is 2. The summed E-state index contributed by atoms with van der Waals surface area (Å²) in [5, 5.41) is 12.1. The summed E-state index contributed by atoms with van der Waals surface area (Å²) in [6, 6.07) is 10.8. The lowest BCUT2D eigenvalue weighted by atomic mass is 10.1. The van der Waals surface area contributed by atoms with Gasteiger partial charge in [0.15, 0.2) is 11.5 Å². The minimum atomic E-state index is -0.367. The summed E-state index contributed by atoms with van der Waals surface area (Å²) in [6.07, 6.45) is 3.34. The standard InChI is InChI=1S/C25H26N4O6S/c1-32-18-8-6-17(7-9-18)29-14-16(13-22(29)31)24-27-28-25(36-24)26-21(30)10-5-15-11-19(33-2)23(35-4)20(12-15)34-3/h5-12,16H,13-14H2,1-4H3,(H,26,28,30)/b10-5+. The molecule has 10 nitrogen and oxygen atoms in total. The zero-order valence-electron chi connectivity index (χ0n) is 20.3. The van der Waals surface area contributed by atoms with Crippen LogP contribution in [0.25, 0.3) is 6.08 Å². The van der Waals surface area contributed by atoms with Gasteiger partial charge in [-0.05, 0) is 48.0 Å². The first-order valence-corrected chi connectivity index (χ1v) is 11.8. The number of methoxy groups -OCH3 is 4. The normalized spacial score (nSPS) is 15.3. The van der Waals surface area contributed by atoms with Crippen LogP contribution in [0.2, 0.25) is 0 Å². The summed E-state index contributed by atoms with van der Waals surface area (Å²) in [5.41, 5.74) is 1.50. The summed E-state index contributed by atoms with van der Waals surface area (Å²) in [7, 11) is 6.18. The first kappa shape index (κ1) is 25.0. The Morgan fingerprint density at radius 1 is 1.03 bits per heavy atom. The van der Waals surface area contributed by atoms with Crippen LogP contribution in [-0.2, 0) is 9.59 Å². The van der Waals surface area contributed by atoms with Crippen LogP contribution in [0.3, 0.4) is 0 Å². The van der Waals surface area contributed by atoms with Crippen molar-refractivity contribution in [1.29, 1.82) is 0 Å². The van der Waals surface area contributed by atoms with E-state index >= 15 is 0 Å². The highest BCUT2D eigenvalue weighted by atomic mass is 32.1. The Balaban J connectivity index is 1.40. The molecule has 2 amide bonds. The molecular formula is C25H26N4O6S. The van der Waals surface area contributed by atoms with E-state index in [-0.39, 0.29) is 17.7 Å². The summed E-state index contributed by atoms with van der Waals surface area (Å²) >= 11 is 1.26. The molecule has 0 aliphatic carbocycles. The van der Waals surface area contributed by atoms with Crippen LogP contribution >= 0.6 is 11.3 Å². The molecule has 1 unspecified atom stereocenters. The number of ether oxygens (including phenoxy) is 4. The highest BCUT2D eigenvalue weighted by molar-refractivity contribution is 7.15. The predicted octanol–water partition coefficient (Wildman–Crippen LogP) is 3.74. The molecule has 36 heavy (non-hydrogen) atoms. The monoisotopic (exact) mass is 510 g/mol. The Bertz CT molecular complexity index is 1250. The van der Waals surface area contributed by atoms with Crippen molar-refractivity contribution in [2.24, 2.45) is 0 Å². The Hall–Kier alpha value is -4.12. The number of anilines is 2. The number of nitrogens with zero attached hydrogens (tertiary/aromatic N) is 3. The number of aromatic nitrogens is 2. The van der Waals surface area contributed by atoms with Gasteiger partial charge in [0.05, 0.1) is 28.4 Å². The van der Waals surface area contributed by atoms with Crippen LogP contribution in [0.1, 0.15) is 22.9 Å². The minimum absolute atomic E-state index is 0.0132. The van der Waals surface area contributed by atoms with Crippen molar-refractivity contribution in [3.05, 3.63) is 53.0 Å². The summed E-state index contributed by atoms with van der Waals surface area (Å²) in [5.74, 6) is 1.72.